The van der Waals surface area contributed by atoms with Crippen LogP contribution in [0.2, 0.25) is 0 Å². The monoisotopic (exact) mass is 344 g/mol. The van der Waals surface area contributed by atoms with E-state index in [4.69, 9.17) is 0 Å². The van der Waals surface area contributed by atoms with Crippen LogP contribution >= 0.6 is 15.9 Å². The molecule has 0 aromatic heterocycles. The van der Waals surface area contributed by atoms with Gasteiger partial charge in [-0.15, -0.1) is 0 Å². The van der Waals surface area contributed by atoms with Gasteiger partial charge in [-0.25, -0.2) is 0 Å². The third kappa shape index (κ3) is 5.98. The number of nitro benzene ring substituents is 1. The zero-order valence-electron chi connectivity index (χ0n) is 12.0. The lowest BCUT2D eigenvalue weighted by Gasteiger charge is -2.25. The van der Waals surface area contributed by atoms with Gasteiger partial charge in [0.15, 0.2) is 0 Å². The van der Waals surface area contributed by atoms with Gasteiger partial charge < -0.3 is 10.4 Å². The maximum Gasteiger partial charge on any atom is 0.270 e. The van der Waals surface area contributed by atoms with Crippen LogP contribution in [0.25, 0.3) is 0 Å². The van der Waals surface area contributed by atoms with E-state index < -0.39 is 10.5 Å². The number of nitrogens with one attached hydrogen (secondary N) is 1. The summed E-state index contributed by atoms with van der Waals surface area (Å²) in [5.41, 5.74) is 0.100. The molecule has 1 aromatic carbocycles. The van der Waals surface area contributed by atoms with Crippen molar-refractivity contribution < 1.29 is 10.0 Å². The predicted molar refractivity (Wildman–Crippen MR) is 82.6 cm³/mol. The maximum absolute atomic E-state index is 10.8. The van der Waals surface area contributed by atoms with Gasteiger partial charge in [-0.1, -0.05) is 29.8 Å². The molecule has 6 heteroatoms. The molecule has 1 aromatic rings. The van der Waals surface area contributed by atoms with E-state index in [2.05, 4.69) is 35.1 Å². The highest BCUT2D eigenvalue weighted by molar-refractivity contribution is 9.10. The Morgan fingerprint density at radius 2 is 2.10 bits per heavy atom. The number of non-ortho nitro benzene ring substituents is 1. The smallest absolute Gasteiger partial charge is 0.270 e. The van der Waals surface area contributed by atoms with Crippen molar-refractivity contribution in [3.05, 3.63) is 38.3 Å². The van der Waals surface area contributed by atoms with Gasteiger partial charge in [0.2, 0.25) is 0 Å². The van der Waals surface area contributed by atoms with Crippen molar-refractivity contribution in [3.63, 3.8) is 0 Å². The van der Waals surface area contributed by atoms with Crippen LogP contribution < -0.4 is 5.32 Å². The first-order chi connectivity index (χ1) is 9.19. The molecular weight excluding hydrogens is 324 g/mol. The molecule has 2 N–H and O–H groups in total. The molecule has 0 saturated heterocycles. The van der Waals surface area contributed by atoms with E-state index in [0.29, 0.717) is 29.9 Å². The van der Waals surface area contributed by atoms with Crippen LogP contribution in [0.4, 0.5) is 5.69 Å². The topological polar surface area (TPSA) is 75.4 Å². The Morgan fingerprint density at radius 3 is 2.65 bits per heavy atom. The second kappa shape index (κ2) is 7.15. The second-order valence-electron chi connectivity index (χ2n) is 5.77. The largest absolute Gasteiger partial charge is 0.389 e. The first-order valence-corrected chi connectivity index (χ1v) is 7.36. The highest BCUT2D eigenvalue weighted by atomic mass is 79.9. The number of hydrogen-bond acceptors (Lipinski definition) is 4. The second-order valence-corrected chi connectivity index (χ2v) is 6.69. The standard InChI is InChI=1S/C14H21BrN2O3/c1-10(2)7-14(3,18)9-16-8-11-4-12(15)6-13(5-11)17(19)20/h4-6,10,16,18H,7-9H2,1-3H3. The summed E-state index contributed by atoms with van der Waals surface area (Å²) in [5.74, 6) is 0.416. The van der Waals surface area contributed by atoms with E-state index in [1.807, 2.05) is 6.07 Å². The van der Waals surface area contributed by atoms with E-state index in [0.717, 1.165) is 5.56 Å². The summed E-state index contributed by atoms with van der Waals surface area (Å²) >= 11 is 3.26. The summed E-state index contributed by atoms with van der Waals surface area (Å²) in [6.07, 6.45) is 0.707. The molecule has 0 aliphatic heterocycles. The van der Waals surface area contributed by atoms with E-state index in [9.17, 15) is 15.2 Å². The zero-order chi connectivity index (χ0) is 15.3. The van der Waals surface area contributed by atoms with Crippen molar-refractivity contribution in [2.45, 2.75) is 39.3 Å². The summed E-state index contributed by atoms with van der Waals surface area (Å²) in [5, 5.41) is 24.1. The fourth-order valence-corrected chi connectivity index (χ4v) is 2.80. The molecule has 0 saturated carbocycles. The van der Waals surface area contributed by atoms with Crippen molar-refractivity contribution in [2.75, 3.05) is 6.54 Å². The van der Waals surface area contributed by atoms with Crippen LogP contribution in [0.15, 0.2) is 22.7 Å². The van der Waals surface area contributed by atoms with Crippen molar-refractivity contribution in [2.24, 2.45) is 5.92 Å². The number of nitro groups is 1. The fraction of sp³-hybridized carbons (Fsp3) is 0.571. The van der Waals surface area contributed by atoms with E-state index in [-0.39, 0.29) is 5.69 Å². The number of hydrogen-bond donors (Lipinski definition) is 2. The van der Waals surface area contributed by atoms with Crippen LogP contribution in [0.5, 0.6) is 0 Å². The number of nitrogens with zero attached hydrogens (tertiary/aromatic N) is 1. The average Bonchev–Trinajstić information content (AvgIpc) is 2.25. The van der Waals surface area contributed by atoms with Crippen LogP contribution in [-0.2, 0) is 6.54 Å². The minimum absolute atomic E-state index is 0.0603. The van der Waals surface area contributed by atoms with Crippen molar-refractivity contribution in [1.82, 2.24) is 5.32 Å². The van der Waals surface area contributed by atoms with E-state index >= 15 is 0 Å². The highest BCUT2D eigenvalue weighted by Gasteiger charge is 2.21. The summed E-state index contributed by atoms with van der Waals surface area (Å²) in [4.78, 5) is 10.4. The first-order valence-electron chi connectivity index (χ1n) is 6.56. The normalized spacial score (nSPS) is 14.3. The molecule has 0 heterocycles. The molecule has 1 rings (SSSR count). The first kappa shape index (κ1) is 17.1. The number of rotatable bonds is 7. The predicted octanol–water partition coefficient (Wildman–Crippen LogP) is 3.24. The lowest BCUT2D eigenvalue weighted by atomic mass is 9.94. The molecule has 1 unspecified atom stereocenters. The SMILES string of the molecule is CC(C)CC(C)(O)CNCc1cc(Br)cc([N+](=O)[O-])c1. The van der Waals surface area contributed by atoms with Gasteiger partial charge in [0.05, 0.1) is 10.5 Å². The summed E-state index contributed by atoms with van der Waals surface area (Å²) in [6.45, 7) is 6.85. The van der Waals surface area contributed by atoms with Gasteiger partial charge in [0, 0.05) is 29.7 Å². The van der Waals surface area contributed by atoms with Gasteiger partial charge in [0.25, 0.3) is 5.69 Å². The Morgan fingerprint density at radius 1 is 1.45 bits per heavy atom. The van der Waals surface area contributed by atoms with Gasteiger partial charge in [-0.2, -0.15) is 0 Å². The quantitative estimate of drug-likeness (QED) is 0.588. The Bertz CT molecular complexity index is 475. The van der Waals surface area contributed by atoms with Gasteiger partial charge in [0.1, 0.15) is 0 Å². The number of benzene rings is 1. The van der Waals surface area contributed by atoms with Gasteiger partial charge in [-0.05, 0) is 30.9 Å². The molecule has 0 fully saturated rings. The molecule has 0 spiro atoms. The maximum atomic E-state index is 10.8. The summed E-state index contributed by atoms with van der Waals surface area (Å²) in [7, 11) is 0. The van der Waals surface area contributed by atoms with Crippen molar-refractivity contribution in [1.29, 1.82) is 0 Å². The van der Waals surface area contributed by atoms with Crippen LogP contribution in [0.1, 0.15) is 32.8 Å². The van der Waals surface area contributed by atoms with Crippen LogP contribution in [0.3, 0.4) is 0 Å². The van der Waals surface area contributed by atoms with Gasteiger partial charge in [-0.3, -0.25) is 10.1 Å². The van der Waals surface area contributed by atoms with Crippen molar-refractivity contribution in [3.8, 4) is 0 Å². The molecule has 5 nitrogen and oxygen atoms in total. The molecule has 112 valence electrons. The Kier molecular flexibility index (Phi) is 6.10. The molecule has 20 heavy (non-hydrogen) atoms. The summed E-state index contributed by atoms with van der Waals surface area (Å²) in [6, 6.07) is 4.84. The third-order valence-corrected chi connectivity index (χ3v) is 3.29. The van der Waals surface area contributed by atoms with Gasteiger partial charge >= 0.3 is 0 Å². The molecule has 0 aliphatic rings. The molecule has 0 amide bonds. The van der Waals surface area contributed by atoms with Crippen molar-refractivity contribution >= 4 is 21.6 Å². The minimum Gasteiger partial charge on any atom is -0.389 e. The third-order valence-electron chi connectivity index (χ3n) is 2.84. The fourth-order valence-electron chi connectivity index (χ4n) is 2.27. The molecule has 1 atom stereocenters. The summed E-state index contributed by atoms with van der Waals surface area (Å²) < 4.78 is 0.678. The highest BCUT2D eigenvalue weighted by Crippen LogP contribution is 2.21. The molecule has 0 aliphatic carbocycles. The Labute approximate surface area is 127 Å². The lowest BCUT2D eigenvalue weighted by Crippen LogP contribution is -2.38. The molecule has 0 radical (unpaired) electrons. The van der Waals surface area contributed by atoms with E-state index in [1.54, 1.807) is 6.92 Å². The van der Waals surface area contributed by atoms with E-state index in [1.165, 1.54) is 12.1 Å². The average molecular weight is 345 g/mol. The number of aliphatic hydroxyl groups is 1. The Hall–Kier alpha value is -0.980. The number of halogens is 1. The molecule has 0 bridgehead atoms. The van der Waals surface area contributed by atoms with Crippen LogP contribution in [-0.4, -0.2) is 22.2 Å². The zero-order valence-corrected chi connectivity index (χ0v) is 13.6. The Balaban J connectivity index is 2.60. The molecular formula is C14H21BrN2O3. The lowest BCUT2D eigenvalue weighted by molar-refractivity contribution is -0.385. The minimum atomic E-state index is -0.772. The van der Waals surface area contributed by atoms with Crippen LogP contribution in [0, 0.1) is 16.0 Å².